The minimum atomic E-state index is -1.15. The number of carbonyl (C=O) groups excluding carboxylic acids is 1. The van der Waals surface area contributed by atoms with Crippen LogP contribution >= 0.6 is 46.4 Å². The van der Waals surface area contributed by atoms with E-state index in [1.807, 2.05) is 0 Å². The van der Waals surface area contributed by atoms with Crippen LogP contribution in [0.5, 0.6) is 5.75 Å². The van der Waals surface area contributed by atoms with Crippen molar-refractivity contribution in [2.45, 2.75) is 6.23 Å². The van der Waals surface area contributed by atoms with E-state index < -0.39 is 12.0 Å². The lowest BCUT2D eigenvalue weighted by Gasteiger charge is -2.19. The standard InChI is InChI=1S/C16H9Cl4N3O2/c17-9-1-3-11(12(19)5-9)15(24)16(23-8-21-7-22-23)25-14-4-2-10(18)6-13(14)20/h1-8,16H. The average molecular weight is 417 g/mol. The number of halogens is 4. The molecule has 3 rings (SSSR count). The van der Waals surface area contributed by atoms with Crippen LogP contribution in [0.2, 0.25) is 20.1 Å². The van der Waals surface area contributed by atoms with Gasteiger partial charge >= 0.3 is 0 Å². The first kappa shape index (κ1) is 18.0. The normalized spacial score (nSPS) is 12.0. The van der Waals surface area contributed by atoms with Crippen molar-refractivity contribution in [2.75, 3.05) is 0 Å². The van der Waals surface area contributed by atoms with Gasteiger partial charge in [0.2, 0.25) is 5.78 Å². The first-order valence-corrected chi connectivity index (χ1v) is 8.42. The molecule has 0 aliphatic heterocycles. The molecule has 0 N–H and O–H groups in total. The molecule has 0 saturated heterocycles. The molecule has 9 heteroatoms. The van der Waals surface area contributed by atoms with Crippen LogP contribution in [0.15, 0.2) is 49.1 Å². The molecule has 25 heavy (non-hydrogen) atoms. The first-order chi connectivity index (χ1) is 12.0. The summed E-state index contributed by atoms with van der Waals surface area (Å²) < 4.78 is 7.04. The summed E-state index contributed by atoms with van der Waals surface area (Å²) in [4.78, 5) is 16.8. The van der Waals surface area contributed by atoms with Crippen LogP contribution in [0.1, 0.15) is 16.6 Å². The third-order valence-electron chi connectivity index (χ3n) is 3.23. The second-order valence-corrected chi connectivity index (χ2v) is 6.60. The van der Waals surface area contributed by atoms with Crippen molar-refractivity contribution in [3.63, 3.8) is 0 Å². The Hall–Kier alpha value is -1.79. The van der Waals surface area contributed by atoms with E-state index in [0.717, 1.165) is 0 Å². The van der Waals surface area contributed by atoms with E-state index in [9.17, 15) is 4.79 Å². The Morgan fingerprint density at radius 3 is 2.28 bits per heavy atom. The molecule has 1 atom stereocenters. The summed E-state index contributed by atoms with van der Waals surface area (Å²) >= 11 is 24.0. The van der Waals surface area contributed by atoms with Crippen molar-refractivity contribution in [3.05, 3.63) is 74.7 Å². The molecule has 3 aromatic rings. The van der Waals surface area contributed by atoms with Crippen LogP contribution in [0.3, 0.4) is 0 Å². The summed E-state index contributed by atoms with van der Waals surface area (Å²) in [6, 6.07) is 9.23. The highest BCUT2D eigenvalue weighted by molar-refractivity contribution is 6.37. The summed E-state index contributed by atoms with van der Waals surface area (Å²) in [5.74, 6) is -0.164. The number of hydrogen-bond donors (Lipinski definition) is 0. The summed E-state index contributed by atoms with van der Waals surface area (Å²) in [6.45, 7) is 0. The SMILES string of the molecule is O=C(c1ccc(Cl)cc1Cl)C(Oc1ccc(Cl)cc1Cl)n1cncn1. The molecule has 0 amide bonds. The topological polar surface area (TPSA) is 57.0 Å². The van der Waals surface area contributed by atoms with Crippen LogP contribution in [0.4, 0.5) is 0 Å². The molecule has 0 bridgehead atoms. The van der Waals surface area contributed by atoms with Gasteiger partial charge in [-0.25, -0.2) is 9.67 Å². The molecule has 0 aliphatic carbocycles. The number of nitrogens with zero attached hydrogens (tertiary/aromatic N) is 3. The maximum atomic E-state index is 12.9. The highest BCUT2D eigenvalue weighted by atomic mass is 35.5. The fraction of sp³-hybridized carbons (Fsp3) is 0.0625. The number of ketones is 1. The quantitative estimate of drug-likeness (QED) is 0.526. The fourth-order valence-corrected chi connectivity index (χ4v) is 3.03. The molecule has 128 valence electrons. The molecular weight excluding hydrogens is 408 g/mol. The molecule has 1 heterocycles. The van der Waals surface area contributed by atoms with E-state index in [2.05, 4.69) is 10.1 Å². The van der Waals surface area contributed by atoms with Crippen LogP contribution in [-0.4, -0.2) is 20.5 Å². The summed E-state index contributed by atoms with van der Waals surface area (Å²) in [6.07, 6.45) is 1.49. The minimum absolute atomic E-state index is 0.202. The Morgan fingerprint density at radius 2 is 1.68 bits per heavy atom. The number of benzene rings is 2. The van der Waals surface area contributed by atoms with Crippen molar-refractivity contribution in [1.29, 1.82) is 0 Å². The van der Waals surface area contributed by atoms with E-state index in [-0.39, 0.29) is 21.4 Å². The summed E-state index contributed by atoms with van der Waals surface area (Å²) in [5, 5.41) is 5.30. The lowest BCUT2D eigenvalue weighted by molar-refractivity contribution is 0.0620. The minimum Gasteiger partial charge on any atom is -0.459 e. The summed E-state index contributed by atoms with van der Waals surface area (Å²) in [7, 11) is 0. The van der Waals surface area contributed by atoms with Crippen LogP contribution in [-0.2, 0) is 0 Å². The Morgan fingerprint density at radius 1 is 1.00 bits per heavy atom. The summed E-state index contributed by atoms with van der Waals surface area (Å²) in [5.41, 5.74) is 0.233. The molecule has 0 spiro atoms. The first-order valence-electron chi connectivity index (χ1n) is 6.91. The number of aromatic nitrogens is 3. The zero-order valence-electron chi connectivity index (χ0n) is 12.4. The van der Waals surface area contributed by atoms with Crippen LogP contribution in [0, 0.1) is 0 Å². The maximum Gasteiger partial charge on any atom is 0.256 e. The third kappa shape index (κ3) is 4.07. The number of Topliss-reactive ketones (excluding diaryl/α,β-unsaturated/α-hetero) is 1. The highest BCUT2D eigenvalue weighted by Gasteiger charge is 2.27. The number of hydrogen-bond acceptors (Lipinski definition) is 4. The fourth-order valence-electron chi connectivity index (χ4n) is 2.08. The van der Waals surface area contributed by atoms with Gasteiger partial charge in [-0.15, -0.1) is 0 Å². The second kappa shape index (κ2) is 7.62. The number of rotatable bonds is 5. The molecule has 5 nitrogen and oxygen atoms in total. The van der Waals surface area contributed by atoms with Crippen molar-refractivity contribution in [1.82, 2.24) is 14.8 Å². The highest BCUT2D eigenvalue weighted by Crippen LogP contribution is 2.32. The average Bonchev–Trinajstić information content (AvgIpc) is 3.08. The van der Waals surface area contributed by atoms with Crippen molar-refractivity contribution >= 4 is 52.2 Å². The molecule has 0 fully saturated rings. The zero-order valence-corrected chi connectivity index (χ0v) is 15.4. The Labute approximate surface area is 163 Å². The van der Waals surface area contributed by atoms with Crippen molar-refractivity contribution in [2.24, 2.45) is 0 Å². The Kier molecular flexibility index (Phi) is 5.49. The van der Waals surface area contributed by atoms with E-state index in [1.165, 1.54) is 35.5 Å². The molecule has 2 aromatic carbocycles. The van der Waals surface area contributed by atoms with E-state index in [1.54, 1.807) is 18.2 Å². The lowest BCUT2D eigenvalue weighted by atomic mass is 10.1. The molecule has 0 saturated carbocycles. The predicted octanol–water partition coefficient (Wildman–Crippen LogP) is 5.35. The third-order valence-corrected chi connectivity index (χ3v) is 4.31. The lowest BCUT2D eigenvalue weighted by Crippen LogP contribution is -2.26. The van der Waals surface area contributed by atoms with Gasteiger partial charge in [0.15, 0.2) is 0 Å². The van der Waals surface area contributed by atoms with E-state index >= 15 is 0 Å². The van der Waals surface area contributed by atoms with E-state index in [0.29, 0.717) is 10.0 Å². The van der Waals surface area contributed by atoms with Gasteiger partial charge in [-0.3, -0.25) is 4.79 Å². The molecule has 0 radical (unpaired) electrons. The molecule has 0 aliphatic rings. The molecule has 1 unspecified atom stereocenters. The van der Waals surface area contributed by atoms with Gasteiger partial charge in [0.25, 0.3) is 6.23 Å². The molecule has 1 aromatic heterocycles. The smallest absolute Gasteiger partial charge is 0.256 e. The van der Waals surface area contributed by atoms with Crippen LogP contribution < -0.4 is 4.74 Å². The Balaban J connectivity index is 1.99. The van der Waals surface area contributed by atoms with Crippen LogP contribution in [0.25, 0.3) is 0 Å². The van der Waals surface area contributed by atoms with Gasteiger partial charge in [-0.2, -0.15) is 5.10 Å². The number of ether oxygens (including phenoxy) is 1. The van der Waals surface area contributed by atoms with E-state index in [4.69, 9.17) is 51.1 Å². The van der Waals surface area contributed by atoms with Crippen molar-refractivity contribution < 1.29 is 9.53 Å². The zero-order chi connectivity index (χ0) is 18.0. The predicted molar refractivity (Wildman–Crippen MR) is 96.9 cm³/mol. The second-order valence-electron chi connectivity index (χ2n) is 4.91. The number of carbonyl (C=O) groups is 1. The van der Waals surface area contributed by atoms with Gasteiger partial charge in [-0.1, -0.05) is 46.4 Å². The monoisotopic (exact) mass is 415 g/mol. The van der Waals surface area contributed by atoms with Gasteiger partial charge in [0.05, 0.1) is 10.0 Å². The molecular formula is C16H9Cl4N3O2. The van der Waals surface area contributed by atoms with Gasteiger partial charge in [0.1, 0.15) is 18.4 Å². The van der Waals surface area contributed by atoms with Crippen molar-refractivity contribution in [3.8, 4) is 5.75 Å². The largest absolute Gasteiger partial charge is 0.459 e. The van der Waals surface area contributed by atoms with Gasteiger partial charge in [0, 0.05) is 15.6 Å². The Bertz CT molecular complexity index is 916. The van der Waals surface area contributed by atoms with Gasteiger partial charge < -0.3 is 4.74 Å². The van der Waals surface area contributed by atoms with Gasteiger partial charge in [-0.05, 0) is 36.4 Å². The maximum absolute atomic E-state index is 12.9.